The van der Waals surface area contributed by atoms with Crippen LogP contribution in [0.25, 0.3) is 0 Å². The third-order valence-corrected chi connectivity index (χ3v) is 7.26. The summed E-state index contributed by atoms with van der Waals surface area (Å²) in [7, 11) is 0. The Kier molecular flexibility index (Phi) is 7.02. The Labute approximate surface area is 204 Å². The van der Waals surface area contributed by atoms with Crippen LogP contribution in [0.5, 0.6) is 5.88 Å². The van der Waals surface area contributed by atoms with Crippen molar-refractivity contribution in [2.45, 2.75) is 68.7 Å². The summed E-state index contributed by atoms with van der Waals surface area (Å²) in [6.07, 6.45) is 4.11. The van der Waals surface area contributed by atoms with Gasteiger partial charge in [-0.05, 0) is 55.2 Å². The van der Waals surface area contributed by atoms with Crippen LogP contribution in [0.1, 0.15) is 74.7 Å². The molecule has 0 saturated heterocycles. The first-order valence-corrected chi connectivity index (χ1v) is 12.6. The van der Waals surface area contributed by atoms with E-state index in [1.54, 1.807) is 4.90 Å². The topological polar surface area (TPSA) is 119 Å². The van der Waals surface area contributed by atoms with Crippen molar-refractivity contribution < 1.29 is 19.4 Å². The van der Waals surface area contributed by atoms with Gasteiger partial charge in [0.25, 0.3) is 5.91 Å². The molecule has 1 aliphatic carbocycles. The number of amides is 1. The fourth-order valence-corrected chi connectivity index (χ4v) is 5.47. The number of thioether (sulfide) groups is 1. The predicted molar refractivity (Wildman–Crippen MR) is 133 cm³/mol. The number of nitrogen functional groups attached to an aromatic ring is 1. The zero-order valence-corrected chi connectivity index (χ0v) is 20.7. The maximum absolute atomic E-state index is 13.4. The van der Waals surface area contributed by atoms with Gasteiger partial charge in [0.1, 0.15) is 18.0 Å². The van der Waals surface area contributed by atoms with Gasteiger partial charge in [-0.1, -0.05) is 44.7 Å². The molecule has 0 atom stereocenters. The summed E-state index contributed by atoms with van der Waals surface area (Å²) in [4.78, 5) is 34.8. The van der Waals surface area contributed by atoms with Crippen LogP contribution in [-0.4, -0.2) is 44.8 Å². The second-order valence-electron chi connectivity index (χ2n) is 10.00. The molecule has 1 saturated carbocycles. The predicted octanol–water partition coefficient (Wildman–Crippen LogP) is 4.74. The highest BCUT2D eigenvalue weighted by atomic mass is 32.2. The Morgan fingerprint density at radius 2 is 1.85 bits per heavy atom. The van der Waals surface area contributed by atoms with E-state index in [-0.39, 0.29) is 40.3 Å². The first kappa shape index (κ1) is 24.3. The van der Waals surface area contributed by atoms with Gasteiger partial charge in [-0.2, -0.15) is 4.98 Å². The van der Waals surface area contributed by atoms with Crippen molar-refractivity contribution in [2.24, 2.45) is 5.92 Å². The molecule has 1 aromatic heterocycles. The van der Waals surface area contributed by atoms with E-state index in [2.05, 4.69) is 42.9 Å². The minimum Gasteiger partial charge on any atom is -0.481 e. The number of ether oxygens (including phenoxy) is 1. The van der Waals surface area contributed by atoms with Crippen LogP contribution < -0.4 is 15.4 Å². The van der Waals surface area contributed by atoms with E-state index in [9.17, 15) is 9.59 Å². The molecular weight excluding hydrogens is 452 g/mol. The van der Waals surface area contributed by atoms with Gasteiger partial charge in [0.2, 0.25) is 5.88 Å². The molecule has 0 bridgehead atoms. The zero-order chi connectivity index (χ0) is 24.5. The lowest BCUT2D eigenvalue weighted by molar-refractivity contribution is -0.138. The zero-order valence-electron chi connectivity index (χ0n) is 19.9. The third-order valence-electron chi connectivity index (χ3n) is 6.28. The summed E-state index contributed by atoms with van der Waals surface area (Å²) in [5, 5.41) is 9.52. The molecule has 0 radical (unpaired) electrons. The number of carbonyl (C=O) groups excluding carboxylic acids is 1. The second kappa shape index (κ2) is 9.82. The highest BCUT2D eigenvalue weighted by molar-refractivity contribution is 8.00. The monoisotopic (exact) mass is 484 g/mol. The van der Waals surface area contributed by atoms with E-state index in [1.165, 1.54) is 17.3 Å². The molecule has 34 heavy (non-hydrogen) atoms. The van der Waals surface area contributed by atoms with Crippen molar-refractivity contribution in [3.63, 3.8) is 0 Å². The maximum atomic E-state index is 13.4. The molecule has 0 spiro atoms. The Balaban J connectivity index is 1.49. The van der Waals surface area contributed by atoms with E-state index < -0.39 is 5.97 Å². The van der Waals surface area contributed by atoms with Crippen molar-refractivity contribution in [1.29, 1.82) is 0 Å². The number of nitrogens with zero attached hydrogens (tertiary/aromatic N) is 3. The minimum absolute atomic E-state index is 0.0985. The lowest BCUT2D eigenvalue weighted by atomic mass is 9.77. The Morgan fingerprint density at radius 3 is 2.47 bits per heavy atom. The van der Waals surface area contributed by atoms with Gasteiger partial charge >= 0.3 is 5.97 Å². The summed E-state index contributed by atoms with van der Waals surface area (Å²) in [6, 6.07) is 8.06. The molecule has 3 N–H and O–H groups in total. The standard InChI is InChI=1S/C25H32N4O4S/c1-25(2,3)34-24-27-21(26)20-22(28-24)33-13-12-29(23(20)32)18-10-8-17(9-11-18)16-6-4-15(5-7-16)14-19(30)31/h8-11,15-16H,4-7,12-14H2,1-3H3,(H,30,31)(H2,26,27,28). The number of hydrogen-bond acceptors (Lipinski definition) is 7. The van der Waals surface area contributed by atoms with Gasteiger partial charge in [-0.15, -0.1) is 0 Å². The number of benzene rings is 1. The number of aliphatic carboxylic acids is 1. The first-order chi connectivity index (χ1) is 16.1. The van der Waals surface area contributed by atoms with Gasteiger partial charge in [0, 0.05) is 16.9 Å². The van der Waals surface area contributed by atoms with Crippen molar-refractivity contribution in [1.82, 2.24) is 9.97 Å². The van der Waals surface area contributed by atoms with Crippen molar-refractivity contribution in [3.05, 3.63) is 35.4 Å². The summed E-state index contributed by atoms with van der Waals surface area (Å²) in [5.41, 5.74) is 8.40. The molecular formula is C25H32N4O4S. The highest BCUT2D eigenvalue weighted by Gasteiger charge is 2.31. The molecule has 0 unspecified atom stereocenters. The van der Waals surface area contributed by atoms with Crippen LogP contribution >= 0.6 is 11.8 Å². The van der Waals surface area contributed by atoms with Gasteiger partial charge in [0.05, 0.1) is 6.54 Å². The van der Waals surface area contributed by atoms with E-state index in [1.807, 2.05) is 12.1 Å². The van der Waals surface area contributed by atoms with Crippen LogP contribution in [0.3, 0.4) is 0 Å². The number of rotatable bonds is 5. The van der Waals surface area contributed by atoms with Crippen molar-refractivity contribution in [3.8, 4) is 5.88 Å². The third kappa shape index (κ3) is 5.63. The van der Waals surface area contributed by atoms with Crippen molar-refractivity contribution in [2.75, 3.05) is 23.8 Å². The summed E-state index contributed by atoms with van der Waals surface area (Å²) in [5.74, 6) is 0.0865. The normalized spacial score (nSPS) is 20.9. The highest BCUT2D eigenvalue weighted by Crippen LogP contribution is 2.38. The van der Waals surface area contributed by atoms with Gasteiger partial charge in [-0.25, -0.2) is 4.98 Å². The van der Waals surface area contributed by atoms with E-state index >= 15 is 0 Å². The molecule has 2 heterocycles. The van der Waals surface area contributed by atoms with Gasteiger partial charge < -0.3 is 20.5 Å². The van der Waals surface area contributed by atoms with Gasteiger partial charge in [0.15, 0.2) is 5.16 Å². The number of aromatic nitrogens is 2. The molecule has 2 aromatic rings. The molecule has 4 rings (SSSR count). The SMILES string of the molecule is CC(C)(C)Sc1nc(N)c2c(n1)OCCN(c1ccc(C3CCC(CC(=O)O)CC3)cc1)C2=O. The average molecular weight is 485 g/mol. The fourth-order valence-electron chi connectivity index (χ4n) is 4.65. The second-order valence-corrected chi connectivity index (χ2v) is 11.8. The molecule has 2 aliphatic rings. The lowest BCUT2D eigenvalue weighted by Gasteiger charge is -2.28. The molecule has 1 fully saturated rings. The number of hydrogen-bond donors (Lipinski definition) is 2. The van der Waals surface area contributed by atoms with Crippen LogP contribution in [-0.2, 0) is 4.79 Å². The quantitative estimate of drug-likeness (QED) is 0.461. The Hall–Kier alpha value is -2.81. The van der Waals surface area contributed by atoms with E-state index in [4.69, 9.17) is 15.6 Å². The van der Waals surface area contributed by atoms with Crippen LogP contribution in [0.15, 0.2) is 29.4 Å². The van der Waals surface area contributed by atoms with Crippen LogP contribution in [0.2, 0.25) is 0 Å². The van der Waals surface area contributed by atoms with Gasteiger partial charge in [-0.3, -0.25) is 9.59 Å². The molecule has 8 nitrogen and oxygen atoms in total. The Bertz CT molecular complexity index is 1060. The number of nitrogens with two attached hydrogens (primary N) is 1. The number of carboxylic acids is 1. The summed E-state index contributed by atoms with van der Waals surface area (Å²) >= 11 is 1.47. The number of carboxylic acid groups (broad SMARTS) is 1. The molecule has 1 aromatic carbocycles. The number of carbonyl (C=O) groups is 2. The maximum Gasteiger partial charge on any atom is 0.303 e. The minimum atomic E-state index is -0.712. The Morgan fingerprint density at radius 1 is 1.18 bits per heavy atom. The molecule has 182 valence electrons. The van der Waals surface area contributed by atoms with E-state index in [0.29, 0.717) is 24.2 Å². The average Bonchev–Trinajstić information content (AvgIpc) is 2.92. The van der Waals surface area contributed by atoms with Crippen LogP contribution in [0.4, 0.5) is 11.5 Å². The smallest absolute Gasteiger partial charge is 0.303 e. The first-order valence-electron chi connectivity index (χ1n) is 11.7. The van der Waals surface area contributed by atoms with E-state index in [0.717, 1.165) is 31.4 Å². The van der Waals surface area contributed by atoms with Crippen molar-refractivity contribution >= 4 is 35.1 Å². The number of anilines is 2. The summed E-state index contributed by atoms with van der Waals surface area (Å²) in [6.45, 7) is 6.87. The molecule has 9 heteroatoms. The largest absolute Gasteiger partial charge is 0.481 e. The lowest BCUT2D eigenvalue weighted by Crippen LogP contribution is -2.32. The van der Waals surface area contributed by atoms with Crippen LogP contribution in [0, 0.1) is 5.92 Å². The fraction of sp³-hybridized carbons (Fsp3) is 0.520. The molecule has 1 aliphatic heterocycles. The number of fused-ring (bicyclic) bond motifs is 1. The summed E-state index contributed by atoms with van der Waals surface area (Å²) < 4.78 is 5.72. The molecule has 1 amide bonds.